The molecule has 0 aliphatic rings. The van der Waals surface area contributed by atoms with Gasteiger partial charge in [0.25, 0.3) is 0 Å². The zero-order valence-corrected chi connectivity index (χ0v) is 13.7. The lowest BCUT2D eigenvalue weighted by Crippen LogP contribution is -2.10. The molecule has 0 bridgehead atoms. The Morgan fingerprint density at radius 1 is 0.864 bits per heavy atom. The molecule has 0 heterocycles. The van der Waals surface area contributed by atoms with Crippen LogP contribution in [-0.2, 0) is 10.2 Å². The normalized spacial score (nSPS) is 11.6. The molecule has 0 aliphatic carbocycles. The lowest BCUT2D eigenvalue weighted by atomic mass is 9.87. The van der Waals surface area contributed by atoms with Gasteiger partial charge < -0.3 is 5.32 Å². The highest BCUT2D eigenvalue weighted by Gasteiger charge is 2.12. The van der Waals surface area contributed by atoms with Crippen LogP contribution in [0.2, 0.25) is 0 Å². The van der Waals surface area contributed by atoms with Gasteiger partial charge in [-0.3, -0.25) is 4.79 Å². The van der Waals surface area contributed by atoms with Crippen molar-refractivity contribution in [3.05, 3.63) is 65.2 Å². The number of rotatable bonds is 3. The van der Waals surface area contributed by atoms with Crippen LogP contribution in [0.25, 0.3) is 12.2 Å². The molecule has 2 heteroatoms. The maximum Gasteiger partial charge on any atom is 0.221 e. The van der Waals surface area contributed by atoms with Crippen LogP contribution < -0.4 is 5.32 Å². The number of anilines is 1. The van der Waals surface area contributed by atoms with E-state index in [1.807, 2.05) is 24.3 Å². The second-order valence-corrected chi connectivity index (χ2v) is 6.51. The van der Waals surface area contributed by atoms with Crippen molar-refractivity contribution in [3.8, 4) is 0 Å². The second-order valence-electron chi connectivity index (χ2n) is 6.51. The summed E-state index contributed by atoms with van der Waals surface area (Å²) in [5.41, 5.74) is 4.62. The number of hydrogen-bond acceptors (Lipinski definition) is 1. The van der Waals surface area contributed by atoms with E-state index in [9.17, 15) is 4.79 Å². The predicted molar refractivity (Wildman–Crippen MR) is 94.8 cm³/mol. The first-order valence-electron chi connectivity index (χ1n) is 7.51. The molecular formula is C20H23NO. The first kappa shape index (κ1) is 16.0. The molecule has 114 valence electrons. The van der Waals surface area contributed by atoms with E-state index in [1.165, 1.54) is 18.1 Å². The zero-order chi connectivity index (χ0) is 16.2. The molecule has 0 unspecified atom stereocenters. The van der Waals surface area contributed by atoms with Crippen molar-refractivity contribution in [2.24, 2.45) is 0 Å². The summed E-state index contributed by atoms with van der Waals surface area (Å²) < 4.78 is 0. The van der Waals surface area contributed by atoms with Crippen molar-refractivity contribution in [3.63, 3.8) is 0 Å². The Morgan fingerprint density at radius 2 is 1.32 bits per heavy atom. The highest BCUT2D eigenvalue weighted by Crippen LogP contribution is 2.22. The summed E-state index contributed by atoms with van der Waals surface area (Å²) in [4.78, 5) is 11.0. The highest BCUT2D eigenvalue weighted by atomic mass is 16.1. The van der Waals surface area contributed by atoms with Gasteiger partial charge in [0.1, 0.15) is 0 Å². The van der Waals surface area contributed by atoms with Crippen molar-refractivity contribution < 1.29 is 4.79 Å². The number of amides is 1. The molecular weight excluding hydrogens is 270 g/mol. The van der Waals surface area contributed by atoms with E-state index in [4.69, 9.17) is 0 Å². The maximum atomic E-state index is 11.0. The summed E-state index contributed by atoms with van der Waals surface area (Å²) in [6, 6.07) is 16.4. The Kier molecular flexibility index (Phi) is 4.81. The molecule has 2 aromatic rings. The Morgan fingerprint density at radius 3 is 1.73 bits per heavy atom. The fourth-order valence-electron chi connectivity index (χ4n) is 2.17. The van der Waals surface area contributed by atoms with E-state index >= 15 is 0 Å². The molecule has 2 nitrogen and oxygen atoms in total. The number of carbonyl (C=O) groups excluding carboxylic acids is 1. The summed E-state index contributed by atoms with van der Waals surface area (Å²) in [5.74, 6) is -0.0535. The standard InChI is InChI=1S/C20H23NO/c1-15(22)21-19-13-9-17(10-14-19)6-5-16-7-11-18(12-8-16)20(2,3)4/h5-14H,1-4H3,(H,21,22)/b6-5+. The summed E-state index contributed by atoms with van der Waals surface area (Å²) in [5, 5.41) is 2.76. The Bertz CT molecular complexity index is 658. The van der Waals surface area contributed by atoms with Crippen LogP contribution in [0.1, 0.15) is 44.4 Å². The van der Waals surface area contributed by atoms with Crippen molar-refractivity contribution in [2.45, 2.75) is 33.1 Å². The smallest absolute Gasteiger partial charge is 0.221 e. The van der Waals surface area contributed by atoms with Gasteiger partial charge in [-0.2, -0.15) is 0 Å². The fourth-order valence-corrected chi connectivity index (χ4v) is 2.17. The van der Waals surface area contributed by atoms with E-state index in [0.29, 0.717) is 0 Å². The third-order valence-electron chi connectivity index (χ3n) is 3.48. The van der Waals surface area contributed by atoms with Gasteiger partial charge in [0.2, 0.25) is 5.91 Å². The number of nitrogens with one attached hydrogen (secondary N) is 1. The topological polar surface area (TPSA) is 29.1 Å². The summed E-state index contributed by atoms with van der Waals surface area (Å²) in [7, 11) is 0. The minimum Gasteiger partial charge on any atom is -0.326 e. The minimum absolute atomic E-state index is 0.0535. The molecule has 0 spiro atoms. The molecule has 0 aromatic heterocycles. The van der Waals surface area contributed by atoms with Gasteiger partial charge in [0, 0.05) is 12.6 Å². The van der Waals surface area contributed by atoms with Gasteiger partial charge in [0.05, 0.1) is 0 Å². The summed E-state index contributed by atoms with van der Waals surface area (Å²) in [6.45, 7) is 8.16. The number of hydrogen-bond donors (Lipinski definition) is 1. The maximum absolute atomic E-state index is 11.0. The van der Waals surface area contributed by atoms with E-state index in [1.54, 1.807) is 0 Å². The van der Waals surface area contributed by atoms with Crippen LogP contribution in [0, 0.1) is 0 Å². The van der Waals surface area contributed by atoms with Gasteiger partial charge in [-0.25, -0.2) is 0 Å². The van der Waals surface area contributed by atoms with Crippen LogP contribution in [0.15, 0.2) is 48.5 Å². The van der Waals surface area contributed by atoms with Gasteiger partial charge >= 0.3 is 0 Å². The average molecular weight is 293 g/mol. The molecule has 1 N–H and O–H groups in total. The second kappa shape index (κ2) is 6.61. The van der Waals surface area contributed by atoms with Crippen LogP contribution in [0.3, 0.4) is 0 Å². The van der Waals surface area contributed by atoms with Crippen LogP contribution in [0.5, 0.6) is 0 Å². The van der Waals surface area contributed by atoms with Gasteiger partial charge in [0.15, 0.2) is 0 Å². The van der Waals surface area contributed by atoms with Crippen LogP contribution >= 0.6 is 0 Å². The summed E-state index contributed by atoms with van der Waals surface area (Å²) in [6.07, 6.45) is 4.17. The van der Waals surface area contributed by atoms with E-state index in [-0.39, 0.29) is 11.3 Å². The molecule has 0 atom stereocenters. The Balaban J connectivity index is 2.06. The molecule has 0 fully saturated rings. The highest BCUT2D eigenvalue weighted by molar-refractivity contribution is 5.88. The SMILES string of the molecule is CC(=O)Nc1ccc(/C=C/c2ccc(C(C)(C)C)cc2)cc1. The van der Waals surface area contributed by atoms with Crippen molar-refractivity contribution >= 4 is 23.7 Å². The zero-order valence-electron chi connectivity index (χ0n) is 13.7. The molecule has 0 radical (unpaired) electrons. The van der Waals surface area contributed by atoms with Gasteiger partial charge in [-0.15, -0.1) is 0 Å². The Hall–Kier alpha value is -2.35. The van der Waals surface area contributed by atoms with E-state index < -0.39 is 0 Å². The quantitative estimate of drug-likeness (QED) is 0.782. The van der Waals surface area contributed by atoms with Crippen LogP contribution in [0.4, 0.5) is 5.69 Å². The third kappa shape index (κ3) is 4.59. The van der Waals surface area contributed by atoms with Crippen molar-refractivity contribution in [2.75, 3.05) is 5.32 Å². The van der Waals surface area contributed by atoms with Crippen molar-refractivity contribution in [1.29, 1.82) is 0 Å². The monoisotopic (exact) mass is 293 g/mol. The Labute approximate surface area is 132 Å². The van der Waals surface area contributed by atoms with E-state index in [0.717, 1.165) is 11.3 Å². The average Bonchev–Trinajstić information content (AvgIpc) is 2.45. The van der Waals surface area contributed by atoms with Gasteiger partial charge in [-0.05, 0) is 34.2 Å². The molecule has 1 amide bonds. The first-order chi connectivity index (χ1) is 10.3. The predicted octanol–water partition coefficient (Wildman–Crippen LogP) is 5.11. The van der Waals surface area contributed by atoms with Crippen LogP contribution in [-0.4, -0.2) is 5.91 Å². The van der Waals surface area contributed by atoms with Gasteiger partial charge in [-0.1, -0.05) is 69.3 Å². The molecule has 0 saturated heterocycles. The molecule has 22 heavy (non-hydrogen) atoms. The van der Waals surface area contributed by atoms with E-state index in [2.05, 4.69) is 62.5 Å². The first-order valence-corrected chi connectivity index (χ1v) is 7.51. The third-order valence-corrected chi connectivity index (χ3v) is 3.48. The molecule has 0 aliphatic heterocycles. The minimum atomic E-state index is -0.0535. The lowest BCUT2D eigenvalue weighted by molar-refractivity contribution is -0.114. The molecule has 2 aromatic carbocycles. The largest absolute Gasteiger partial charge is 0.326 e. The summed E-state index contributed by atoms with van der Waals surface area (Å²) >= 11 is 0. The molecule has 2 rings (SSSR count). The molecule has 0 saturated carbocycles. The fraction of sp³-hybridized carbons (Fsp3) is 0.250. The van der Waals surface area contributed by atoms with Crippen molar-refractivity contribution in [1.82, 2.24) is 0 Å². The number of benzene rings is 2. The lowest BCUT2D eigenvalue weighted by Gasteiger charge is -2.18. The number of carbonyl (C=O) groups is 1.